The summed E-state index contributed by atoms with van der Waals surface area (Å²) >= 11 is 7.33. The lowest BCUT2D eigenvalue weighted by molar-refractivity contribution is -0.176. The molecule has 0 saturated carbocycles. The van der Waals surface area contributed by atoms with Crippen molar-refractivity contribution in [1.82, 2.24) is 9.97 Å². The lowest BCUT2D eigenvalue weighted by Gasteiger charge is -2.08. The molecule has 0 bridgehead atoms. The highest BCUT2D eigenvalue weighted by molar-refractivity contribution is 14.1. The molecule has 0 atom stereocenters. The molecule has 0 spiro atoms. The van der Waals surface area contributed by atoms with Crippen LogP contribution in [0.15, 0.2) is 6.20 Å². The zero-order chi connectivity index (χ0) is 11.5. The fraction of sp³-hybridized carbons (Fsp3) is 0.429. The average molecular weight is 352 g/mol. The molecule has 0 amide bonds. The number of hydrogen-bond donors (Lipinski definition) is 0. The zero-order valence-corrected chi connectivity index (χ0v) is 10.1. The van der Waals surface area contributed by atoms with Crippen molar-refractivity contribution < 1.29 is 17.9 Å². The Morgan fingerprint density at radius 1 is 1.47 bits per heavy atom. The topological polar surface area (TPSA) is 35.0 Å². The van der Waals surface area contributed by atoms with Crippen LogP contribution >= 0.6 is 34.2 Å². The third-order valence-electron chi connectivity index (χ3n) is 1.31. The molecule has 8 heteroatoms. The van der Waals surface area contributed by atoms with Gasteiger partial charge < -0.3 is 4.74 Å². The minimum atomic E-state index is -4.32. The lowest BCUT2D eigenvalue weighted by Crippen LogP contribution is -2.17. The quantitative estimate of drug-likeness (QED) is 0.477. The van der Waals surface area contributed by atoms with Crippen molar-refractivity contribution in [2.75, 3.05) is 6.61 Å². The minimum absolute atomic E-state index is 0.0546. The summed E-state index contributed by atoms with van der Waals surface area (Å²) < 4.78 is 40.2. The van der Waals surface area contributed by atoms with Crippen molar-refractivity contribution in [1.29, 1.82) is 0 Å². The molecule has 0 aliphatic heterocycles. The first-order valence-electron chi connectivity index (χ1n) is 3.70. The largest absolute Gasteiger partial charge is 0.411 e. The standard InChI is InChI=1S/C7H5ClF3IN2O/c8-6-13-1-4(5(12)14-6)2-15-3-7(9,10)11/h1H,2-3H2. The van der Waals surface area contributed by atoms with E-state index in [0.29, 0.717) is 9.26 Å². The second-order valence-electron chi connectivity index (χ2n) is 2.56. The Morgan fingerprint density at radius 3 is 2.67 bits per heavy atom. The molecule has 15 heavy (non-hydrogen) atoms. The number of hydrogen-bond acceptors (Lipinski definition) is 3. The van der Waals surface area contributed by atoms with Gasteiger partial charge >= 0.3 is 6.18 Å². The molecule has 0 saturated heterocycles. The van der Waals surface area contributed by atoms with Crippen LogP contribution in [0.5, 0.6) is 0 Å². The zero-order valence-electron chi connectivity index (χ0n) is 7.18. The van der Waals surface area contributed by atoms with Crippen LogP contribution in [0.1, 0.15) is 5.56 Å². The molecule has 1 aromatic rings. The normalized spacial score (nSPS) is 11.8. The summed E-state index contributed by atoms with van der Waals surface area (Å²) in [6, 6.07) is 0. The molecule has 1 rings (SSSR count). The van der Waals surface area contributed by atoms with Crippen molar-refractivity contribution >= 4 is 34.2 Å². The van der Waals surface area contributed by atoms with Gasteiger partial charge in [0, 0.05) is 11.8 Å². The second-order valence-corrected chi connectivity index (χ2v) is 3.92. The van der Waals surface area contributed by atoms with Crippen LogP contribution in [-0.4, -0.2) is 22.8 Å². The van der Waals surface area contributed by atoms with E-state index in [1.165, 1.54) is 6.20 Å². The van der Waals surface area contributed by atoms with Gasteiger partial charge in [-0.1, -0.05) is 0 Å². The fourth-order valence-corrected chi connectivity index (χ4v) is 1.54. The molecule has 0 fully saturated rings. The van der Waals surface area contributed by atoms with Gasteiger partial charge in [-0.15, -0.1) is 0 Å². The van der Waals surface area contributed by atoms with Crippen LogP contribution in [0.3, 0.4) is 0 Å². The molecule has 0 radical (unpaired) electrons. The van der Waals surface area contributed by atoms with E-state index in [2.05, 4.69) is 14.7 Å². The van der Waals surface area contributed by atoms with Crippen molar-refractivity contribution in [2.45, 2.75) is 12.8 Å². The average Bonchev–Trinajstić information content (AvgIpc) is 2.07. The number of alkyl halides is 3. The Balaban J connectivity index is 2.51. The Hall–Kier alpha value is -0.150. The first-order chi connectivity index (χ1) is 6.88. The third kappa shape index (κ3) is 4.94. The van der Waals surface area contributed by atoms with Gasteiger partial charge in [0.05, 0.1) is 6.61 Å². The van der Waals surface area contributed by atoms with E-state index in [-0.39, 0.29) is 11.9 Å². The molecular weight excluding hydrogens is 347 g/mol. The van der Waals surface area contributed by atoms with Crippen LogP contribution in [-0.2, 0) is 11.3 Å². The second kappa shape index (κ2) is 5.26. The summed E-state index contributed by atoms with van der Waals surface area (Å²) in [5.74, 6) is 0. The van der Waals surface area contributed by atoms with Crippen molar-refractivity contribution in [3.05, 3.63) is 20.7 Å². The maximum absolute atomic E-state index is 11.7. The number of rotatable bonds is 3. The molecule has 1 heterocycles. The molecule has 0 unspecified atom stereocenters. The molecule has 0 aromatic carbocycles. The predicted molar refractivity (Wildman–Crippen MR) is 55.5 cm³/mol. The maximum atomic E-state index is 11.7. The number of halogens is 5. The first kappa shape index (κ1) is 12.9. The summed E-state index contributed by atoms with van der Waals surface area (Å²) in [6.45, 7) is -1.47. The van der Waals surface area contributed by atoms with E-state index in [9.17, 15) is 13.2 Å². The molecule has 0 aliphatic rings. The summed E-state index contributed by atoms with van der Waals surface area (Å²) in [5.41, 5.74) is 0.476. The molecule has 84 valence electrons. The molecule has 0 N–H and O–H groups in total. The summed E-state index contributed by atoms with van der Waals surface area (Å²) in [4.78, 5) is 7.41. The van der Waals surface area contributed by atoms with E-state index in [0.717, 1.165) is 0 Å². The number of nitrogens with zero attached hydrogens (tertiary/aromatic N) is 2. The van der Waals surface area contributed by atoms with Gasteiger partial charge in [-0.25, -0.2) is 9.97 Å². The van der Waals surface area contributed by atoms with Gasteiger partial charge in [0.1, 0.15) is 10.3 Å². The minimum Gasteiger partial charge on any atom is -0.367 e. The highest BCUT2D eigenvalue weighted by Crippen LogP contribution is 2.17. The highest BCUT2D eigenvalue weighted by atomic mass is 127. The van der Waals surface area contributed by atoms with Gasteiger partial charge in [-0.3, -0.25) is 0 Å². The lowest BCUT2D eigenvalue weighted by atomic mass is 10.4. The van der Waals surface area contributed by atoms with E-state index in [4.69, 9.17) is 11.6 Å². The van der Waals surface area contributed by atoms with Crippen molar-refractivity contribution in [2.24, 2.45) is 0 Å². The van der Waals surface area contributed by atoms with E-state index < -0.39 is 12.8 Å². The number of ether oxygens (including phenoxy) is 1. The molecule has 3 nitrogen and oxygen atoms in total. The molecule has 1 aromatic heterocycles. The summed E-state index contributed by atoms with van der Waals surface area (Å²) in [7, 11) is 0. The van der Waals surface area contributed by atoms with E-state index >= 15 is 0 Å². The summed E-state index contributed by atoms with van der Waals surface area (Å²) in [6.07, 6.45) is -2.98. The van der Waals surface area contributed by atoms with E-state index in [1.807, 2.05) is 22.6 Å². The maximum Gasteiger partial charge on any atom is 0.411 e. The van der Waals surface area contributed by atoms with Crippen LogP contribution in [0.2, 0.25) is 5.28 Å². The first-order valence-corrected chi connectivity index (χ1v) is 5.15. The Labute approximate surface area is 102 Å². The fourth-order valence-electron chi connectivity index (χ4n) is 0.740. The van der Waals surface area contributed by atoms with E-state index in [1.54, 1.807) is 0 Å². The highest BCUT2D eigenvalue weighted by Gasteiger charge is 2.27. The van der Waals surface area contributed by atoms with Crippen LogP contribution in [0.4, 0.5) is 13.2 Å². The smallest absolute Gasteiger partial charge is 0.367 e. The van der Waals surface area contributed by atoms with Crippen LogP contribution < -0.4 is 0 Å². The monoisotopic (exact) mass is 352 g/mol. The SMILES string of the molecule is FC(F)(F)COCc1cnc(Cl)nc1I. The summed E-state index contributed by atoms with van der Waals surface area (Å²) in [5, 5.41) is 0.0546. The molecule has 0 aliphatic carbocycles. The van der Waals surface area contributed by atoms with Crippen molar-refractivity contribution in [3.63, 3.8) is 0 Å². The van der Waals surface area contributed by atoms with Crippen LogP contribution in [0, 0.1) is 3.70 Å². The van der Waals surface area contributed by atoms with Crippen molar-refractivity contribution in [3.8, 4) is 0 Å². The van der Waals surface area contributed by atoms with Crippen LogP contribution in [0.25, 0.3) is 0 Å². The Bertz CT molecular complexity index is 347. The van der Waals surface area contributed by atoms with Gasteiger partial charge in [0.15, 0.2) is 0 Å². The molecular formula is C7H5ClF3IN2O. The van der Waals surface area contributed by atoms with Gasteiger partial charge in [0.25, 0.3) is 0 Å². The van der Waals surface area contributed by atoms with Gasteiger partial charge in [-0.2, -0.15) is 13.2 Å². The van der Waals surface area contributed by atoms with Gasteiger partial charge in [-0.05, 0) is 34.2 Å². The Morgan fingerprint density at radius 2 is 2.13 bits per heavy atom. The Kier molecular flexibility index (Phi) is 4.53. The third-order valence-corrected chi connectivity index (χ3v) is 2.42. The number of aromatic nitrogens is 2. The predicted octanol–water partition coefficient (Wildman–Crippen LogP) is 2.81. The van der Waals surface area contributed by atoms with Gasteiger partial charge in [0.2, 0.25) is 5.28 Å².